The van der Waals surface area contributed by atoms with Gasteiger partial charge in [-0.15, -0.1) is 0 Å². The number of carbonyl (C=O) groups excluding carboxylic acids is 2. The Labute approximate surface area is 244 Å². The third-order valence-corrected chi connectivity index (χ3v) is 6.76. The maximum absolute atomic E-state index is 12.3. The molecule has 13 heteroatoms. The third kappa shape index (κ3) is 9.85. The van der Waals surface area contributed by atoms with Gasteiger partial charge in [-0.2, -0.15) is 0 Å². The number of benzene rings is 2. The first-order chi connectivity index (χ1) is 19.5. The van der Waals surface area contributed by atoms with Gasteiger partial charge in [0.25, 0.3) is 5.91 Å². The molecule has 0 saturated carbocycles. The Bertz CT molecular complexity index is 1380. The topological polar surface area (TPSA) is 201 Å². The first-order valence-corrected chi connectivity index (χ1v) is 13.8. The van der Waals surface area contributed by atoms with E-state index in [-0.39, 0.29) is 34.3 Å². The molecule has 220 valence electrons. The Balaban J connectivity index is 1.43. The number of nitrogens with one attached hydrogen (secondary N) is 4. The summed E-state index contributed by atoms with van der Waals surface area (Å²) in [7, 11) is 4.05. The summed E-state index contributed by atoms with van der Waals surface area (Å²) in [6.45, 7) is 2.18. The van der Waals surface area contributed by atoms with Crippen LogP contribution in [0.3, 0.4) is 0 Å². The second-order valence-corrected chi connectivity index (χ2v) is 10.5. The van der Waals surface area contributed by atoms with Gasteiger partial charge in [-0.25, -0.2) is 9.97 Å². The highest BCUT2D eigenvalue weighted by atomic mass is 35.5. The zero-order valence-electron chi connectivity index (χ0n) is 23.5. The molecule has 0 aliphatic carbocycles. The van der Waals surface area contributed by atoms with E-state index in [1.165, 1.54) is 5.56 Å². The van der Waals surface area contributed by atoms with Crippen molar-refractivity contribution in [3.8, 4) is 0 Å². The molecule has 0 bridgehead atoms. The quantitative estimate of drug-likeness (QED) is 0.0838. The van der Waals surface area contributed by atoms with Gasteiger partial charge in [0.15, 0.2) is 28.4 Å². The van der Waals surface area contributed by atoms with E-state index in [0.717, 1.165) is 55.1 Å². The lowest BCUT2D eigenvalue weighted by atomic mass is 9.98. The molecular weight excluding hydrogens is 544 g/mol. The molecule has 10 N–H and O–H groups in total. The Hall–Kier alpha value is -4.00. The van der Waals surface area contributed by atoms with E-state index in [2.05, 4.69) is 61.2 Å². The van der Waals surface area contributed by atoms with Crippen molar-refractivity contribution in [2.75, 3.05) is 45.2 Å². The summed E-state index contributed by atoms with van der Waals surface area (Å²) in [6.07, 6.45) is 4.05. The standard InChI is InChI=1S/C28H39ClN10O2/c1-39(2)13-5-12-34-21(26(32)40)16-18-8-10-19-14-17(7-9-20(19)15-18)6-3-4-11-35-28(33)38-27(41)22-24(30)37-25(31)23(29)36-22/h7-10,14-15,21,34H,3-6,11-13,16H2,1-2H3,(H2,32,40)(H4,30,31,37)(H3,33,35,38,41)/t21-/m0/s1. The van der Waals surface area contributed by atoms with Crippen LogP contribution in [-0.2, 0) is 17.6 Å². The van der Waals surface area contributed by atoms with Crippen LogP contribution >= 0.6 is 11.6 Å². The van der Waals surface area contributed by atoms with E-state index in [9.17, 15) is 9.59 Å². The molecule has 1 aromatic heterocycles. The fourth-order valence-electron chi connectivity index (χ4n) is 4.30. The van der Waals surface area contributed by atoms with E-state index in [1.807, 2.05) is 20.2 Å². The number of anilines is 2. The van der Waals surface area contributed by atoms with Crippen LogP contribution in [0, 0.1) is 5.41 Å². The molecular formula is C28H39ClN10O2. The number of unbranched alkanes of at least 4 members (excludes halogenated alkanes) is 1. The zero-order chi connectivity index (χ0) is 29.9. The molecule has 0 spiro atoms. The second kappa shape index (κ2) is 15.1. The highest BCUT2D eigenvalue weighted by molar-refractivity contribution is 6.31. The van der Waals surface area contributed by atoms with Crippen molar-refractivity contribution in [1.82, 2.24) is 30.8 Å². The van der Waals surface area contributed by atoms with Gasteiger partial charge in [-0.1, -0.05) is 48.0 Å². The summed E-state index contributed by atoms with van der Waals surface area (Å²) in [5.41, 5.74) is 18.9. The van der Waals surface area contributed by atoms with Crippen molar-refractivity contribution in [2.24, 2.45) is 5.73 Å². The van der Waals surface area contributed by atoms with Crippen molar-refractivity contribution >= 4 is 51.8 Å². The summed E-state index contributed by atoms with van der Waals surface area (Å²) < 4.78 is 0. The number of primary amides is 1. The summed E-state index contributed by atoms with van der Waals surface area (Å²) >= 11 is 5.81. The van der Waals surface area contributed by atoms with Crippen LogP contribution in [0.5, 0.6) is 0 Å². The molecule has 2 aromatic carbocycles. The van der Waals surface area contributed by atoms with E-state index >= 15 is 0 Å². The van der Waals surface area contributed by atoms with Gasteiger partial charge in [0.1, 0.15) is 0 Å². The number of nitrogens with two attached hydrogens (primary N) is 3. The monoisotopic (exact) mass is 582 g/mol. The van der Waals surface area contributed by atoms with Crippen molar-refractivity contribution in [1.29, 1.82) is 5.41 Å². The zero-order valence-corrected chi connectivity index (χ0v) is 24.2. The molecule has 2 amide bonds. The van der Waals surface area contributed by atoms with Crippen molar-refractivity contribution < 1.29 is 9.59 Å². The van der Waals surface area contributed by atoms with Gasteiger partial charge in [0, 0.05) is 6.54 Å². The lowest BCUT2D eigenvalue weighted by Crippen LogP contribution is -2.43. The second-order valence-electron chi connectivity index (χ2n) is 10.1. The maximum atomic E-state index is 12.3. The number of rotatable bonds is 14. The molecule has 41 heavy (non-hydrogen) atoms. The predicted molar refractivity (Wildman–Crippen MR) is 164 cm³/mol. The highest BCUT2D eigenvalue weighted by Crippen LogP contribution is 2.20. The van der Waals surface area contributed by atoms with Gasteiger partial charge < -0.3 is 32.7 Å². The van der Waals surface area contributed by atoms with E-state index in [0.29, 0.717) is 13.0 Å². The number of amides is 2. The van der Waals surface area contributed by atoms with Gasteiger partial charge in [0.05, 0.1) is 6.04 Å². The van der Waals surface area contributed by atoms with Crippen molar-refractivity contribution in [3.63, 3.8) is 0 Å². The van der Waals surface area contributed by atoms with Crippen LogP contribution in [0.1, 0.15) is 40.9 Å². The van der Waals surface area contributed by atoms with Gasteiger partial charge in [0.2, 0.25) is 5.91 Å². The molecule has 3 aromatic rings. The fourth-order valence-corrected chi connectivity index (χ4v) is 4.43. The van der Waals surface area contributed by atoms with Crippen LogP contribution in [0.2, 0.25) is 5.15 Å². The number of hydrogen-bond donors (Lipinski definition) is 7. The molecule has 12 nitrogen and oxygen atoms in total. The molecule has 0 aliphatic heterocycles. The number of guanidine groups is 1. The SMILES string of the molecule is CN(C)CCCN[C@@H](Cc1ccc2cc(CCCCNC(=N)NC(=O)c3nc(Cl)c(N)nc3N)ccc2c1)C(N)=O. The average Bonchev–Trinajstić information content (AvgIpc) is 2.91. The summed E-state index contributed by atoms with van der Waals surface area (Å²) in [5, 5.41) is 18.6. The minimum atomic E-state index is -0.699. The summed E-state index contributed by atoms with van der Waals surface area (Å²) in [4.78, 5) is 34.0. The third-order valence-electron chi connectivity index (χ3n) is 6.48. The predicted octanol–water partition coefficient (Wildman–Crippen LogP) is 1.66. The molecule has 0 aliphatic rings. The van der Waals surface area contributed by atoms with Crippen LogP contribution in [-0.4, -0.2) is 72.4 Å². The van der Waals surface area contributed by atoms with E-state index in [4.69, 9.17) is 34.2 Å². The first kappa shape index (κ1) is 31.5. The summed E-state index contributed by atoms with van der Waals surface area (Å²) in [6, 6.07) is 12.2. The normalized spacial score (nSPS) is 11.9. The van der Waals surface area contributed by atoms with Crippen LogP contribution in [0.25, 0.3) is 10.8 Å². The summed E-state index contributed by atoms with van der Waals surface area (Å²) in [5.74, 6) is -1.45. The van der Waals surface area contributed by atoms with Gasteiger partial charge in [-0.3, -0.25) is 20.3 Å². The van der Waals surface area contributed by atoms with Crippen LogP contribution < -0.4 is 33.2 Å². The molecule has 3 rings (SSSR count). The largest absolute Gasteiger partial charge is 0.382 e. The van der Waals surface area contributed by atoms with Crippen LogP contribution in [0.15, 0.2) is 36.4 Å². The Kier molecular flexibility index (Phi) is 11.6. The van der Waals surface area contributed by atoms with Gasteiger partial charge in [-0.05, 0) is 81.2 Å². The molecule has 1 heterocycles. The molecule has 0 unspecified atom stereocenters. The van der Waals surface area contributed by atoms with Gasteiger partial charge >= 0.3 is 0 Å². The molecule has 0 radical (unpaired) electrons. The number of nitrogens with zero attached hydrogens (tertiary/aromatic N) is 3. The number of fused-ring (bicyclic) bond motifs is 1. The van der Waals surface area contributed by atoms with E-state index in [1.54, 1.807) is 0 Å². The molecule has 0 fully saturated rings. The first-order valence-electron chi connectivity index (χ1n) is 13.4. The maximum Gasteiger partial charge on any atom is 0.280 e. The Morgan fingerprint density at radius 2 is 1.66 bits per heavy atom. The molecule has 0 saturated heterocycles. The minimum absolute atomic E-state index is 0.0712. The molecule has 1 atom stereocenters. The average molecular weight is 583 g/mol. The van der Waals surface area contributed by atoms with Crippen molar-refractivity contribution in [3.05, 3.63) is 58.4 Å². The number of nitrogen functional groups attached to an aromatic ring is 2. The number of carbonyl (C=O) groups is 2. The Morgan fingerprint density at radius 1 is 0.976 bits per heavy atom. The van der Waals surface area contributed by atoms with Crippen LogP contribution in [0.4, 0.5) is 11.6 Å². The highest BCUT2D eigenvalue weighted by Gasteiger charge is 2.17. The minimum Gasteiger partial charge on any atom is -0.382 e. The number of aryl methyl sites for hydroxylation is 1. The lowest BCUT2D eigenvalue weighted by Gasteiger charge is -2.17. The Morgan fingerprint density at radius 3 is 2.34 bits per heavy atom. The van der Waals surface area contributed by atoms with Crippen molar-refractivity contribution in [2.45, 2.75) is 38.1 Å². The number of halogens is 1. The smallest absolute Gasteiger partial charge is 0.280 e. The van der Waals surface area contributed by atoms with E-state index < -0.39 is 11.9 Å². The fraction of sp³-hybridized carbons (Fsp3) is 0.393. The number of aromatic nitrogens is 2. The lowest BCUT2D eigenvalue weighted by molar-refractivity contribution is -0.120. The number of hydrogen-bond acceptors (Lipinski definition) is 9.